The summed E-state index contributed by atoms with van der Waals surface area (Å²) in [4.78, 5) is 25.5. The van der Waals surface area contributed by atoms with Crippen molar-refractivity contribution in [3.63, 3.8) is 0 Å². The highest BCUT2D eigenvalue weighted by molar-refractivity contribution is 7.99. The maximum absolute atomic E-state index is 13.3. The molecule has 9 heteroatoms. The fraction of sp³-hybridized carbons (Fsp3) is 0.273. The van der Waals surface area contributed by atoms with Gasteiger partial charge in [0.05, 0.1) is 29.5 Å². The number of esters is 1. The van der Waals surface area contributed by atoms with Crippen LogP contribution in [0, 0.1) is 0 Å². The van der Waals surface area contributed by atoms with Crippen LogP contribution in [0.25, 0.3) is 22.4 Å². The molecule has 0 fully saturated rings. The number of carbonyl (C=O) groups excluding carboxylic acids is 1. The van der Waals surface area contributed by atoms with E-state index in [-0.39, 0.29) is 17.3 Å². The lowest BCUT2D eigenvalue weighted by Gasteiger charge is -2.19. The molecular formula is C22H22N4O4S. The molecule has 0 saturated carbocycles. The molecule has 2 aromatic heterocycles. The summed E-state index contributed by atoms with van der Waals surface area (Å²) in [7, 11) is 1.57. The van der Waals surface area contributed by atoms with Gasteiger partial charge in [-0.25, -0.2) is 4.57 Å². The van der Waals surface area contributed by atoms with Crippen LogP contribution in [0.3, 0.4) is 0 Å². The lowest BCUT2D eigenvalue weighted by Crippen LogP contribution is -2.25. The Morgan fingerprint density at radius 1 is 1.10 bits per heavy atom. The van der Waals surface area contributed by atoms with Gasteiger partial charge in [0.15, 0.2) is 5.16 Å². The molecule has 31 heavy (non-hydrogen) atoms. The Morgan fingerprint density at radius 2 is 1.87 bits per heavy atom. The molecule has 0 radical (unpaired) electrons. The molecule has 0 bridgehead atoms. The minimum atomic E-state index is -0.565. The number of aromatic nitrogens is 4. The average Bonchev–Trinajstić information content (AvgIpc) is 3.15. The van der Waals surface area contributed by atoms with Crippen LogP contribution in [-0.4, -0.2) is 43.6 Å². The van der Waals surface area contributed by atoms with Crippen molar-refractivity contribution in [2.45, 2.75) is 31.5 Å². The van der Waals surface area contributed by atoms with Gasteiger partial charge in [-0.05, 0) is 45.0 Å². The van der Waals surface area contributed by atoms with Crippen LogP contribution in [0.5, 0.6) is 5.75 Å². The molecule has 2 heterocycles. The molecule has 2 aromatic carbocycles. The highest BCUT2D eigenvalue weighted by Gasteiger charge is 2.21. The lowest BCUT2D eigenvalue weighted by atomic mass is 10.2. The van der Waals surface area contributed by atoms with Gasteiger partial charge in [0.1, 0.15) is 11.4 Å². The SMILES string of the molecule is COc1cccc(-n2c(=O)c3ccccc3n3c(SCC(=O)OC(C)(C)C)nnc23)c1. The van der Waals surface area contributed by atoms with Crippen molar-refractivity contribution in [3.8, 4) is 11.4 Å². The fourth-order valence-electron chi connectivity index (χ4n) is 3.25. The van der Waals surface area contributed by atoms with Gasteiger partial charge in [-0.15, -0.1) is 10.2 Å². The van der Waals surface area contributed by atoms with Gasteiger partial charge in [0.2, 0.25) is 5.78 Å². The molecule has 0 spiro atoms. The molecule has 0 saturated heterocycles. The van der Waals surface area contributed by atoms with E-state index in [0.29, 0.717) is 33.3 Å². The van der Waals surface area contributed by atoms with E-state index in [2.05, 4.69) is 10.2 Å². The number of fused-ring (bicyclic) bond motifs is 3. The smallest absolute Gasteiger partial charge is 0.316 e. The van der Waals surface area contributed by atoms with Crippen LogP contribution in [-0.2, 0) is 9.53 Å². The van der Waals surface area contributed by atoms with Crippen LogP contribution in [0.4, 0.5) is 0 Å². The number of hydrogen-bond acceptors (Lipinski definition) is 7. The molecule has 4 aromatic rings. The molecule has 0 unspecified atom stereocenters. The third kappa shape index (κ3) is 4.13. The Hall–Kier alpha value is -3.33. The highest BCUT2D eigenvalue weighted by Crippen LogP contribution is 2.25. The fourth-order valence-corrected chi connectivity index (χ4v) is 3.96. The summed E-state index contributed by atoms with van der Waals surface area (Å²) in [5.74, 6) is 0.697. The van der Waals surface area contributed by atoms with Crippen molar-refractivity contribution in [2.24, 2.45) is 0 Å². The molecule has 0 N–H and O–H groups in total. The van der Waals surface area contributed by atoms with Gasteiger partial charge >= 0.3 is 5.97 Å². The zero-order valence-corrected chi connectivity index (χ0v) is 18.5. The third-order valence-electron chi connectivity index (χ3n) is 4.45. The number of methoxy groups -OCH3 is 1. The number of thioether (sulfide) groups is 1. The Kier molecular flexibility index (Phi) is 5.45. The van der Waals surface area contributed by atoms with Crippen molar-refractivity contribution in [1.29, 1.82) is 0 Å². The predicted octanol–water partition coefficient (Wildman–Crippen LogP) is 3.48. The topological polar surface area (TPSA) is 87.7 Å². The maximum atomic E-state index is 13.3. The van der Waals surface area contributed by atoms with Crippen molar-refractivity contribution in [2.75, 3.05) is 12.9 Å². The Labute approximate surface area is 182 Å². The van der Waals surface area contributed by atoms with Crippen LogP contribution in [0.2, 0.25) is 0 Å². The first kappa shape index (κ1) is 20.9. The first-order valence-corrected chi connectivity index (χ1v) is 10.6. The van der Waals surface area contributed by atoms with Crippen molar-refractivity contribution in [3.05, 3.63) is 58.9 Å². The van der Waals surface area contributed by atoms with Crippen LogP contribution in [0.1, 0.15) is 20.8 Å². The Balaban J connectivity index is 1.87. The number of hydrogen-bond donors (Lipinski definition) is 0. The summed E-state index contributed by atoms with van der Waals surface area (Å²) >= 11 is 1.21. The van der Waals surface area contributed by atoms with Crippen molar-refractivity contribution in [1.82, 2.24) is 19.2 Å². The van der Waals surface area contributed by atoms with Crippen LogP contribution in [0.15, 0.2) is 58.5 Å². The van der Waals surface area contributed by atoms with Gasteiger partial charge < -0.3 is 9.47 Å². The highest BCUT2D eigenvalue weighted by atomic mass is 32.2. The summed E-state index contributed by atoms with van der Waals surface area (Å²) in [6.07, 6.45) is 0. The van der Waals surface area contributed by atoms with E-state index in [1.807, 2.05) is 39.0 Å². The second-order valence-corrected chi connectivity index (χ2v) is 8.79. The van der Waals surface area contributed by atoms with E-state index in [4.69, 9.17) is 9.47 Å². The molecule has 0 aliphatic carbocycles. The van der Waals surface area contributed by atoms with E-state index in [9.17, 15) is 9.59 Å². The van der Waals surface area contributed by atoms with Gasteiger partial charge in [-0.2, -0.15) is 0 Å². The van der Waals surface area contributed by atoms with Crippen LogP contribution < -0.4 is 10.3 Å². The van der Waals surface area contributed by atoms with E-state index in [0.717, 1.165) is 0 Å². The van der Waals surface area contributed by atoms with Crippen LogP contribution >= 0.6 is 11.8 Å². The maximum Gasteiger partial charge on any atom is 0.316 e. The first-order valence-electron chi connectivity index (χ1n) is 9.66. The number of carbonyl (C=O) groups is 1. The number of nitrogens with zero attached hydrogens (tertiary/aromatic N) is 4. The monoisotopic (exact) mass is 438 g/mol. The lowest BCUT2D eigenvalue weighted by molar-refractivity contribution is -0.151. The molecule has 160 valence electrons. The molecule has 0 amide bonds. The zero-order valence-electron chi connectivity index (χ0n) is 17.7. The average molecular weight is 439 g/mol. The molecule has 0 aliphatic heterocycles. The van der Waals surface area contributed by atoms with Gasteiger partial charge in [0.25, 0.3) is 5.56 Å². The van der Waals surface area contributed by atoms with Gasteiger partial charge in [-0.1, -0.05) is 30.0 Å². The van der Waals surface area contributed by atoms with Crippen molar-refractivity contribution >= 4 is 34.4 Å². The third-order valence-corrected chi connectivity index (χ3v) is 5.35. The second-order valence-electron chi connectivity index (χ2n) is 7.85. The minimum Gasteiger partial charge on any atom is -0.497 e. The molecular weight excluding hydrogens is 416 g/mol. The summed E-state index contributed by atoms with van der Waals surface area (Å²) in [6, 6.07) is 14.4. The van der Waals surface area contributed by atoms with E-state index >= 15 is 0 Å². The number of para-hydroxylation sites is 1. The molecule has 8 nitrogen and oxygen atoms in total. The summed E-state index contributed by atoms with van der Waals surface area (Å²) in [5, 5.41) is 9.54. The molecule has 4 rings (SSSR count). The Morgan fingerprint density at radius 3 is 2.61 bits per heavy atom. The summed E-state index contributed by atoms with van der Waals surface area (Å²) in [6.45, 7) is 5.47. The number of benzene rings is 2. The van der Waals surface area contributed by atoms with Gasteiger partial charge in [-0.3, -0.25) is 14.0 Å². The standard InChI is InChI=1S/C22H22N4O4S/c1-22(2,3)30-18(27)13-31-21-24-23-20-25(14-8-7-9-15(12-14)29-4)19(28)16-10-5-6-11-17(16)26(20)21/h5-12H,13H2,1-4H3. The second kappa shape index (κ2) is 8.07. The molecule has 0 aliphatic rings. The number of rotatable bonds is 5. The quantitative estimate of drug-likeness (QED) is 0.348. The van der Waals surface area contributed by atoms with E-state index < -0.39 is 5.60 Å². The Bertz CT molecular complexity index is 1340. The summed E-state index contributed by atoms with van der Waals surface area (Å²) in [5.41, 5.74) is 0.492. The summed E-state index contributed by atoms with van der Waals surface area (Å²) < 4.78 is 14.0. The normalized spacial score (nSPS) is 11.7. The van der Waals surface area contributed by atoms with Crippen molar-refractivity contribution < 1.29 is 14.3 Å². The largest absolute Gasteiger partial charge is 0.497 e. The minimum absolute atomic E-state index is 0.0741. The van der Waals surface area contributed by atoms with E-state index in [1.54, 1.807) is 41.8 Å². The first-order chi connectivity index (χ1) is 14.8. The van der Waals surface area contributed by atoms with E-state index in [1.165, 1.54) is 16.3 Å². The van der Waals surface area contributed by atoms with Gasteiger partial charge in [0, 0.05) is 6.07 Å². The predicted molar refractivity (Wildman–Crippen MR) is 119 cm³/mol. The zero-order chi connectivity index (χ0) is 22.2. The number of ether oxygens (including phenoxy) is 2. The molecule has 0 atom stereocenters.